The van der Waals surface area contributed by atoms with Crippen molar-refractivity contribution in [1.82, 2.24) is 10.2 Å². The number of carbonyl (C=O) groups excluding carboxylic acids is 2. The summed E-state index contributed by atoms with van der Waals surface area (Å²) in [4.78, 5) is 28.8. The van der Waals surface area contributed by atoms with Gasteiger partial charge in [0, 0.05) is 17.1 Å². The summed E-state index contributed by atoms with van der Waals surface area (Å²) in [6.07, 6.45) is 0.336. The summed E-state index contributed by atoms with van der Waals surface area (Å²) < 4.78 is 34.0. The maximum absolute atomic E-state index is 14.1. The fourth-order valence-electron chi connectivity index (χ4n) is 4.19. The van der Waals surface area contributed by atoms with Gasteiger partial charge in [-0.25, -0.2) is 8.42 Å². The molecule has 3 aromatic rings. The lowest BCUT2D eigenvalue weighted by Crippen LogP contribution is -2.55. The van der Waals surface area contributed by atoms with Crippen LogP contribution in [0.5, 0.6) is 5.75 Å². The smallest absolute Gasteiger partial charge is 0.264 e. The molecule has 0 aliphatic rings. The van der Waals surface area contributed by atoms with Crippen LogP contribution in [-0.4, -0.2) is 50.4 Å². The van der Waals surface area contributed by atoms with Crippen molar-refractivity contribution in [2.24, 2.45) is 0 Å². The topological polar surface area (TPSA) is 96.0 Å². The van der Waals surface area contributed by atoms with Crippen LogP contribution in [0.25, 0.3) is 0 Å². The Hall–Kier alpha value is -3.56. The molecule has 1 N–H and O–H groups in total. The van der Waals surface area contributed by atoms with Crippen LogP contribution in [0.4, 0.5) is 5.69 Å². The maximum atomic E-state index is 14.1. The minimum absolute atomic E-state index is 0.0202. The number of anilines is 1. The van der Waals surface area contributed by atoms with Gasteiger partial charge >= 0.3 is 0 Å². The standard InChI is InChI=1S/C30H36ClN3O5S/c1-6-27(29(36)32-30(2,3)4)33(20-22-11-8-7-9-12-22)28(35)21-34(24-14-10-13-23(31)19-24)40(37,38)26-17-15-25(39-5)16-18-26/h7-19,27H,6,20-21H2,1-5H3,(H,32,36). The molecule has 40 heavy (non-hydrogen) atoms. The molecule has 1 unspecified atom stereocenters. The summed E-state index contributed by atoms with van der Waals surface area (Å²) >= 11 is 6.22. The predicted molar refractivity (Wildman–Crippen MR) is 158 cm³/mol. The summed E-state index contributed by atoms with van der Waals surface area (Å²) in [6.45, 7) is 7.00. The molecule has 0 aromatic heterocycles. The van der Waals surface area contributed by atoms with Gasteiger partial charge in [-0.3, -0.25) is 13.9 Å². The van der Waals surface area contributed by atoms with Crippen LogP contribution >= 0.6 is 11.6 Å². The molecule has 0 heterocycles. The summed E-state index contributed by atoms with van der Waals surface area (Å²) in [5.74, 6) is -0.350. The van der Waals surface area contributed by atoms with Crippen LogP contribution in [0.15, 0.2) is 83.8 Å². The first kappa shape index (κ1) is 31.0. The fourth-order valence-corrected chi connectivity index (χ4v) is 5.78. The van der Waals surface area contributed by atoms with Crippen LogP contribution in [0.3, 0.4) is 0 Å². The highest BCUT2D eigenvalue weighted by atomic mass is 35.5. The third-order valence-corrected chi connectivity index (χ3v) is 8.13. The van der Waals surface area contributed by atoms with E-state index < -0.39 is 34.1 Å². The molecule has 0 saturated heterocycles. The molecule has 1 atom stereocenters. The summed E-state index contributed by atoms with van der Waals surface area (Å²) in [5.41, 5.74) is 0.518. The first-order valence-corrected chi connectivity index (χ1v) is 14.8. The van der Waals surface area contributed by atoms with Crippen molar-refractivity contribution < 1.29 is 22.7 Å². The van der Waals surface area contributed by atoms with Crippen LogP contribution in [-0.2, 0) is 26.2 Å². The van der Waals surface area contributed by atoms with Gasteiger partial charge in [-0.2, -0.15) is 0 Å². The SMILES string of the molecule is CCC(C(=O)NC(C)(C)C)N(Cc1ccccc1)C(=O)CN(c1cccc(Cl)c1)S(=O)(=O)c1ccc(OC)cc1. The third-order valence-electron chi connectivity index (χ3n) is 6.10. The van der Waals surface area contributed by atoms with E-state index in [-0.39, 0.29) is 23.0 Å². The van der Waals surface area contributed by atoms with Gasteiger partial charge in [0.15, 0.2) is 0 Å². The molecule has 0 bridgehead atoms. The van der Waals surface area contributed by atoms with E-state index in [4.69, 9.17) is 16.3 Å². The molecule has 0 spiro atoms. The molecule has 10 heteroatoms. The van der Waals surface area contributed by atoms with Gasteiger partial charge in [0.05, 0.1) is 17.7 Å². The fraction of sp³-hybridized carbons (Fsp3) is 0.333. The van der Waals surface area contributed by atoms with Crippen molar-refractivity contribution in [3.05, 3.63) is 89.4 Å². The minimum Gasteiger partial charge on any atom is -0.497 e. The number of halogens is 1. The van der Waals surface area contributed by atoms with Crippen molar-refractivity contribution in [2.45, 2.75) is 57.1 Å². The van der Waals surface area contributed by atoms with Gasteiger partial charge in [0.25, 0.3) is 10.0 Å². The van der Waals surface area contributed by atoms with Gasteiger partial charge in [0.1, 0.15) is 18.3 Å². The van der Waals surface area contributed by atoms with Crippen molar-refractivity contribution in [3.8, 4) is 5.75 Å². The Morgan fingerprint density at radius 1 is 0.975 bits per heavy atom. The summed E-state index contributed by atoms with van der Waals surface area (Å²) in [5, 5.41) is 3.27. The lowest BCUT2D eigenvalue weighted by atomic mass is 10.1. The Balaban J connectivity index is 2.06. The van der Waals surface area contributed by atoms with Crippen molar-refractivity contribution in [1.29, 1.82) is 0 Å². The number of carbonyl (C=O) groups is 2. The van der Waals surface area contributed by atoms with Crippen molar-refractivity contribution in [3.63, 3.8) is 0 Å². The average Bonchev–Trinajstić information content (AvgIpc) is 2.91. The lowest BCUT2D eigenvalue weighted by Gasteiger charge is -2.34. The number of ether oxygens (including phenoxy) is 1. The normalized spacial score (nSPS) is 12.3. The Morgan fingerprint density at radius 3 is 2.17 bits per heavy atom. The van der Waals surface area contributed by atoms with E-state index in [1.807, 2.05) is 58.0 Å². The molecular formula is C30H36ClN3O5S. The number of methoxy groups -OCH3 is 1. The number of nitrogens with one attached hydrogen (secondary N) is 1. The zero-order valence-corrected chi connectivity index (χ0v) is 25.0. The second kappa shape index (κ2) is 13.2. The molecule has 2 amide bonds. The van der Waals surface area contributed by atoms with Crippen molar-refractivity contribution in [2.75, 3.05) is 18.0 Å². The number of hydrogen-bond donors (Lipinski definition) is 1. The Morgan fingerprint density at radius 2 is 1.62 bits per heavy atom. The second-order valence-corrected chi connectivity index (χ2v) is 12.6. The van der Waals surface area contributed by atoms with Crippen LogP contribution in [0, 0.1) is 0 Å². The number of rotatable bonds is 11. The van der Waals surface area contributed by atoms with E-state index in [9.17, 15) is 18.0 Å². The maximum Gasteiger partial charge on any atom is 0.264 e. The molecule has 3 rings (SSSR count). The van der Waals surface area contributed by atoms with E-state index >= 15 is 0 Å². The Labute approximate surface area is 241 Å². The number of sulfonamides is 1. The van der Waals surface area contributed by atoms with E-state index in [0.29, 0.717) is 17.2 Å². The molecule has 214 valence electrons. The minimum atomic E-state index is -4.21. The molecular weight excluding hydrogens is 550 g/mol. The van der Waals surface area contributed by atoms with Crippen LogP contribution in [0.2, 0.25) is 5.02 Å². The number of nitrogens with zero attached hydrogens (tertiary/aromatic N) is 2. The Bertz CT molecular complexity index is 1410. The molecule has 8 nitrogen and oxygen atoms in total. The lowest BCUT2D eigenvalue weighted by molar-refractivity contribution is -0.141. The average molecular weight is 586 g/mol. The molecule has 3 aromatic carbocycles. The van der Waals surface area contributed by atoms with Gasteiger partial charge in [0.2, 0.25) is 11.8 Å². The Kier molecular flexibility index (Phi) is 10.2. The molecule has 0 aliphatic carbocycles. The second-order valence-electron chi connectivity index (χ2n) is 10.3. The van der Waals surface area contributed by atoms with Gasteiger partial charge in [-0.05, 0) is 75.2 Å². The van der Waals surface area contributed by atoms with Crippen LogP contribution < -0.4 is 14.4 Å². The largest absolute Gasteiger partial charge is 0.497 e. The molecule has 0 aliphatic heterocycles. The quantitative estimate of drug-likeness (QED) is 0.331. The van der Waals surface area contributed by atoms with E-state index in [0.717, 1.165) is 9.87 Å². The van der Waals surface area contributed by atoms with Crippen molar-refractivity contribution >= 4 is 39.1 Å². The number of amides is 2. The number of hydrogen-bond acceptors (Lipinski definition) is 5. The van der Waals surface area contributed by atoms with Gasteiger partial charge in [-0.15, -0.1) is 0 Å². The highest BCUT2D eigenvalue weighted by Gasteiger charge is 2.34. The first-order chi connectivity index (χ1) is 18.9. The number of benzene rings is 3. The predicted octanol–water partition coefficient (Wildman–Crippen LogP) is 5.27. The highest BCUT2D eigenvalue weighted by molar-refractivity contribution is 7.92. The third kappa shape index (κ3) is 7.99. The van der Waals surface area contributed by atoms with Crippen LogP contribution in [0.1, 0.15) is 39.7 Å². The van der Waals surface area contributed by atoms with E-state index in [1.165, 1.54) is 42.3 Å². The zero-order chi connectivity index (χ0) is 29.5. The van der Waals surface area contributed by atoms with E-state index in [1.54, 1.807) is 18.2 Å². The molecule has 0 radical (unpaired) electrons. The molecule has 0 saturated carbocycles. The first-order valence-electron chi connectivity index (χ1n) is 12.9. The monoisotopic (exact) mass is 585 g/mol. The van der Waals surface area contributed by atoms with Gasteiger partial charge < -0.3 is 15.0 Å². The molecule has 0 fully saturated rings. The summed E-state index contributed by atoms with van der Waals surface area (Å²) in [6, 6.07) is 20.7. The zero-order valence-electron chi connectivity index (χ0n) is 23.4. The summed E-state index contributed by atoms with van der Waals surface area (Å²) in [7, 11) is -2.72. The van der Waals surface area contributed by atoms with Gasteiger partial charge in [-0.1, -0.05) is 54.9 Å². The highest BCUT2D eigenvalue weighted by Crippen LogP contribution is 2.28. The van der Waals surface area contributed by atoms with E-state index in [2.05, 4.69) is 5.32 Å².